The Kier molecular flexibility index (Phi) is 3.58. The van der Waals surface area contributed by atoms with Crippen molar-refractivity contribution < 1.29 is 9.90 Å². The Morgan fingerprint density at radius 2 is 1.95 bits per heavy atom. The van der Waals surface area contributed by atoms with Gasteiger partial charge in [-0.2, -0.15) is 0 Å². The van der Waals surface area contributed by atoms with Gasteiger partial charge in [-0.25, -0.2) is 0 Å². The molecule has 2 aromatic carbocycles. The summed E-state index contributed by atoms with van der Waals surface area (Å²) in [6, 6.07) is 11.4. The molecule has 3 heteroatoms. The molecule has 0 saturated heterocycles. The van der Waals surface area contributed by atoms with E-state index in [1.54, 1.807) is 6.07 Å². The van der Waals surface area contributed by atoms with Crippen LogP contribution in [0.2, 0.25) is 0 Å². The average molecular weight is 283 g/mol. The van der Waals surface area contributed by atoms with Gasteiger partial charge in [0.1, 0.15) is 5.75 Å². The smallest absolute Gasteiger partial charge is 0.257 e. The molecular weight excluding hydrogens is 262 g/mol. The highest BCUT2D eigenvalue weighted by Crippen LogP contribution is 2.33. The zero-order valence-corrected chi connectivity index (χ0v) is 12.5. The molecule has 1 fully saturated rings. The zero-order chi connectivity index (χ0) is 15.0. The number of benzene rings is 2. The Morgan fingerprint density at radius 1 is 1.24 bits per heavy atom. The van der Waals surface area contributed by atoms with E-state index in [4.69, 9.17) is 0 Å². The minimum atomic E-state index is -0.0693. The summed E-state index contributed by atoms with van der Waals surface area (Å²) < 4.78 is 0. The first-order valence-corrected chi connectivity index (χ1v) is 7.59. The number of phenolic OH excluding ortho intramolecular Hbond substituents is 1. The maximum Gasteiger partial charge on any atom is 0.257 e. The summed E-state index contributed by atoms with van der Waals surface area (Å²) in [5.74, 6) is 0.665. The summed E-state index contributed by atoms with van der Waals surface area (Å²) in [4.78, 5) is 14.7. The maximum absolute atomic E-state index is 12.8. The zero-order valence-electron chi connectivity index (χ0n) is 12.5. The molecular formula is C18H21NO2. The van der Waals surface area contributed by atoms with Gasteiger partial charge in [0, 0.05) is 18.0 Å². The molecule has 0 bridgehead atoms. The lowest BCUT2D eigenvalue weighted by molar-refractivity contribution is 0.0693. The fraction of sp³-hybridized carbons (Fsp3) is 0.389. The van der Waals surface area contributed by atoms with Gasteiger partial charge in [-0.1, -0.05) is 30.3 Å². The summed E-state index contributed by atoms with van der Waals surface area (Å²) in [7, 11) is 0. The third-order valence-corrected chi connectivity index (χ3v) is 4.17. The summed E-state index contributed by atoms with van der Waals surface area (Å²) in [5.41, 5.74) is 0.406. The molecule has 1 aliphatic rings. The molecule has 110 valence electrons. The number of amides is 1. The van der Waals surface area contributed by atoms with Crippen LogP contribution >= 0.6 is 0 Å². The summed E-state index contributed by atoms with van der Waals surface area (Å²) in [5, 5.41) is 12.1. The monoisotopic (exact) mass is 283 g/mol. The minimum absolute atomic E-state index is 0.0693. The SMILES string of the molecule is CC(C)N(CC1CC1)C(=O)c1ccc2ccccc2c1O. The van der Waals surface area contributed by atoms with Gasteiger partial charge >= 0.3 is 0 Å². The van der Waals surface area contributed by atoms with E-state index in [-0.39, 0.29) is 17.7 Å². The normalized spacial score (nSPS) is 14.6. The molecule has 1 saturated carbocycles. The van der Waals surface area contributed by atoms with Crippen molar-refractivity contribution in [3.63, 3.8) is 0 Å². The van der Waals surface area contributed by atoms with E-state index in [9.17, 15) is 9.90 Å². The molecule has 0 heterocycles. The van der Waals surface area contributed by atoms with Gasteiger partial charge in [0.2, 0.25) is 0 Å². The van der Waals surface area contributed by atoms with Crippen LogP contribution in [-0.4, -0.2) is 28.5 Å². The second kappa shape index (κ2) is 5.40. The summed E-state index contributed by atoms with van der Waals surface area (Å²) >= 11 is 0. The van der Waals surface area contributed by atoms with Crippen LogP contribution in [0.1, 0.15) is 37.0 Å². The Balaban J connectivity index is 1.97. The molecule has 0 spiro atoms. The number of hydrogen-bond donors (Lipinski definition) is 1. The number of phenols is 1. The molecule has 0 aliphatic heterocycles. The van der Waals surface area contributed by atoms with Crippen molar-refractivity contribution >= 4 is 16.7 Å². The third-order valence-electron chi connectivity index (χ3n) is 4.17. The van der Waals surface area contributed by atoms with Crippen molar-refractivity contribution in [1.82, 2.24) is 4.90 Å². The average Bonchev–Trinajstić information content (AvgIpc) is 3.28. The lowest BCUT2D eigenvalue weighted by Crippen LogP contribution is -2.38. The highest BCUT2D eigenvalue weighted by molar-refractivity contribution is 6.03. The number of fused-ring (bicyclic) bond motifs is 1. The van der Waals surface area contributed by atoms with Crippen LogP contribution in [0, 0.1) is 5.92 Å². The van der Waals surface area contributed by atoms with Gasteiger partial charge in [0.15, 0.2) is 0 Å². The van der Waals surface area contributed by atoms with Crippen LogP contribution in [0.25, 0.3) is 10.8 Å². The first-order chi connectivity index (χ1) is 10.1. The lowest BCUT2D eigenvalue weighted by Gasteiger charge is -2.27. The molecule has 1 amide bonds. The molecule has 3 nitrogen and oxygen atoms in total. The van der Waals surface area contributed by atoms with Crippen LogP contribution in [0.5, 0.6) is 5.75 Å². The predicted octanol–water partition coefficient (Wildman–Crippen LogP) is 3.81. The molecule has 0 unspecified atom stereocenters. The topological polar surface area (TPSA) is 40.5 Å². The number of carbonyl (C=O) groups is 1. The van der Waals surface area contributed by atoms with Crippen molar-refractivity contribution in [2.75, 3.05) is 6.54 Å². The number of hydrogen-bond acceptors (Lipinski definition) is 2. The fourth-order valence-corrected chi connectivity index (χ4v) is 2.69. The first kappa shape index (κ1) is 13.9. The Labute approximate surface area is 125 Å². The standard InChI is InChI=1S/C18H21NO2/c1-12(2)19(11-13-7-8-13)18(21)16-10-9-14-5-3-4-6-15(14)17(16)20/h3-6,9-10,12-13,20H,7-8,11H2,1-2H3. The van der Waals surface area contributed by atoms with Crippen LogP contribution in [0.3, 0.4) is 0 Å². The fourth-order valence-electron chi connectivity index (χ4n) is 2.69. The van der Waals surface area contributed by atoms with E-state index < -0.39 is 0 Å². The first-order valence-electron chi connectivity index (χ1n) is 7.59. The predicted molar refractivity (Wildman–Crippen MR) is 84.5 cm³/mol. The second-order valence-corrected chi connectivity index (χ2v) is 6.18. The minimum Gasteiger partial charge on any atom is -0.506 e. The van der Waals surface area contributed by atoms with Crippen LogP contribution in [0.4, 0.5) is 0 Å². The van der Waals surface area contributed by atoms with Crippen molar-refractivity contribution in [3.05, 3.63) is 42.0 Å². The third kappa shape index (κ3) is 2.73. The molecule has 21 heavy (non-hydrogen) atoms. The molecule has 2 aromatic rings. The quantitative estimate of drug-likeness (QED) is 0.927. The van der Waals surface area contributed by atoms with Crippen molar-refractivity contribution in [2.24, 2.45) is 5.92 Å². The molecule has 3 rings (SSSR count). The highest BCUT2D eigenvalue weighted by Gasteiger charge is 2.29. The van der Waals surface area contributed by atoms with E-state index in [0.717, 1.165) is 17.3 Å². The Hall–Kier alpha value is -2.03. The lowest BCUT2D eigenvalue weighted by atomic mass is 10.0. The number of rotatable bonds is 4. The van der Waals surface area contributed by atoms with E-state index in [1.165, 1.54) is 12.8 Å². The van der Waals surface area contributed by atoms with Gasteiger partial charge < -0.3 is 10.0 Å². The Morgan fingerprint density at radius 3 is 2.62 bits per heavy atom. The summed E-state index contributed by atoms with van der Waals surface area (Å²) in [6.07, 6.45) is 2.42. The van der Waals surface area contributed by atoms with Gasteiger partial charge in [-0.05, 0) is 44.1 Å². The molecule has 0 radical (unpaired) electrons. The molecule has 1 N–H and O–H groups in total. The van der Waals surface area contributed by atoms with Crippen LogP contribution < -0.4 is 0 Å². The van der Waals surface area contributed by atoms with Crippen molar-refractivity contribution in [1.29, 1.82) is 0 Å². The molecule has 0 aromatic heterocycles. The molecule has 1 aliphatic carbocycles. The Bertz CT molecular complexity index is 674. The van der Waals surface area contributed by atoms with E-state index in [0.29, 0.717) is 11.5 Å². The maximum atomic E-state index is 12.8. The van der Waals surface area contributed by atoms with Gasteiger partial charge in [0.25, 0.3) is 5.91 Å². The largest absolute Gasteiger partial charge is 0.506 e. The van der Waals surface area contributed by atoms with Crippen molar-refractivity contribution in [2.45, 2.75) is 32.7 Å². The van der Waals surface area contributed by atoms with Crippen LogP contribution in [0.15, 0.2) is 36.4 Å². The molecule has 0 atom stereocenters. The summed E-state index contributed by atoms with van der Waals surface area (Å²) in [6.45, 7) is 4.85. The van der Waals surface area contributed by atoms with Crippen LogP contribution in [-0.2, 0) is 0 Å². The van der Waals surface area contributed by atoms with E-state index in [2.05, 4.69) is 0 Å². The van der Waals surface area contributed by atoms with E-state index >= 15 is 0 Å². The van der Waals surface area contributed by atoms with E-state index in [1.807, 2.05) is 49.1 Å². The number of nitrogens with zero attached hydrogens (tertiary/aromatic N) is 1. The second-order valence-electron chi connectivity index (χ2n) is 6.18. The van der Waals surface area contributed by atoms with Crippen molar-refractivity contribution in [3.8, 4) is 5.75 Å². The van der Waals surface area contributed by atoms with Gasteiger partial charge in [-0.3, -0.25) is 4.79 Å². The number of carbonyl (C=O) groups excluding carboxylic acids is 1. The highest BCUT2D eigenvalue weighted by atomic mass is 16.3. The van der Waals surface area contributed by atoms with Gasteiger partial charge in [0.05, 0.1) is 5.56 Å². The van der Waals surface area contributed by atoms with Gasteiger partial charge in [-0.15, -0.1) is 0 Å². The number of aromatic hydroxyl groups is 1.